The Hall–Kier alpha value is -3.12. The molecule has 144 valence electrons. The third-order valence-corrected chi connectivity index (χ3v) is 6.05. The van der Waals surface area contributed by atoms with Crippen LogP contribution in [0.25, 0.3) is 0 Å². The summed E-state index contributed by atoms with van der Waals surface area (Å²) in [5.74, 6) is 0.0930. The highest BCUT2D eigenvalue weighted by Crippen LogP contribution is 2.27. The number of methoxy groups -OCH3 is 1. The van der Waals surface area contributed by atoms with Crippen LogP contribution in [0.3, 0.4) is 0 Å². The lowest BCUT2D eigenvalue weighted by molar-refractivity contribution is -0.117. The normalized spacial score (nSPS) is 11.0. The van der Waals surface area contributed by atoms with Gasteiger partial charge in [-0.1, -0.05) is 48.5 Å². The first-order valence-corrected chi connectivity index (χ1v) is 10.3. The van der Waals surface area contributed by atoms with Gasteiger partial charge < -0.3 is 4.74 Å². The number of sulfonamides is 1. The number of amides is 1. The van der Waals surface area contributed by atoms with E-state index >= 15 is 0 Å². The molecule has 0 aliphatic heterocycles. The van der Waals surface area contributed by atoms with Gasteiger partial charge in [-0.2, -0.15) is 0 Å². The SMILES string of the molecule is COc1ccc(N(C(=O)CCc2ccccc2)S(=O)(=O)c2ccccc2)cc1. The molecule has 0 aromatic heterocycles. The summed E-state index contributed by atoms with van der Waals surface area (Å²) >= 11 is 0. The molecule has 3 aromatic rings. The molecule has 0 radical (unpaired) electrons. The Morgan fingerprint density at radius 2 is 1.43 bits per heavy atom. The molecule has 0 saturated heterocycles. The van der Waals surface area contributed by atoms with Crippen molar-refractivity contribution < 1.29 is 17.9 Å². The summed E-state index contributed by atoms with van der Waals surface area (Å²) in [5.41, 5.74) is 1.25. The summed E-state index contributed by atoms with van der Waals surface area (Å²) in [6, 6.07) is 23.9. The van der Waals surface area contributed by atoms with E-state index in [2.05, 4.69) is 0 Å². The molecule has 3 rings (SSSR count). The summed E-state index contributed by atoms with van der Waals surface area (Å²) in [4.78, 5) is 13.1. The van der Waals surface area contributed by atoms with E-state index < -0.39 is 15.9 Å². The van der Waals surface area contributed by atoms with Crippen LogP contribution in [-0.2, 0) is 21.2 Å². The monoisotopic (exact) mass is 395 g/mol. The Labute approximate surface area is 165 Å². The first-order valence-electron chi connectivity index (χ1n) is 8.83. The molecule has 3 aromatic carbocycles. The van der Waals surface area contributed by atoms with Crippen LogP contribution in [-0.4, -0.2) is 21.4 Å². The topological polar surface area (TPSA) is 63.7 Å². The minimum Gasteiger partial charge on any atom is -0.497 e. The second-order valence-electron chi connectivity index (χ2n) is 6.16. The Morgan fingerprint density at radius 3 is 2.00 bits per heavy atom. The highest BCUT2D eigenvalue weighted by molar-refractivity contribution is 7.93. The Balaban J connectivity index is 1.95. The van der Waals surface area contributed by atoms with Crippen molar-refractivity contribution in [2.45, 2.75) is 17.7 Å². The first kappa shape index (κ1) is 19.6. The van der Waals surface area contributed by atoms with Crippen LogP contribution in [0.15, 0.2) is 89.8 Å². The molecule has 0 atom stereocenters. The fraction of sp³-hybridized carbons (Fsp3) is 0.136. The van der Waals surface area contributed by atoms with E-state index in [0.717, 1.165) is 9.87 Å². The fourth-order valence-corrected chi connectivity index (χ4v) is 4.30. The summed E-state index contributed by atoms with van der Waals surface area (Å²) < 4.78 is 32.4. The molecule has 1 amide bonds. The van der Waals surface area contributed by atoms with Gasteiger partial charge in [0, 0.05) is 6.42 Å². The average molecular weight is 395 g/mol. The zero-order valence-corrected chi connectivity index (χ0v) is 16.3. The Kier molecular flexibility index (Phi) is 6.11. The number of aryl methyl sites for hydroxylation is 1. The van der Waals surface area contributed by atoms with Gasteiger partial charge in [0.25, 0.3) is 10.0 Å². The van der Waals surface area contributed by atoms with E-state index in [1.807, 2.05) is 30.3 Å². The second kappa shape index (κ2) is 8.71. The third-order valence-electron chi connectivity index (χ3n) is 4.29. The standard InChI is InChI=1S/C22H21NO4S/c1-27-20-15-13-19(14-16-20)23(28(25,26)21-10-6-3-7-11-21)22(24)17-12-18-8-4-2-5-9-18/h2-11,13-16H,12,17H2,1H3. The number of benzene rings is 3. The molecule has 0 aliphatic carbocycles. The second-order valence-corrected chi connectivity index (χ2v) is 7.95. The molecule has 0 heterocycles. The van der Waals surface area contributed by atoms with Crippen molar-refractivity contribution in [1.29, 1.82) is 0 Å². The Morgan fingerprint density at radius 1 is 0.857 bits per heavy atom. The van der Waals surface area contributed by atoms with Crippen molar-refractivity contribution in [2.75, 3.05) is 11.4 Å². The Bertz CT molecular complexity index is 1020. The molecule has 0 unspecified atom stereocenters. The highest BCUT2D eigenvalue weighted by atomic mass is 32.2. The molecule has 5 nitrogen and oxygen atoms in total. The van der Waals surface area contributed by atoms with Crippen molar-refractivity contribution in [3.8, 4) is 5.75 Å². The van der Waals surface area contributed by atoms with E-state index in [1.165, 1.54) is 19.2 Å². The lowest BCUT2D eigenvalue weighted by Crippen LogP contribution is -2.37. The van der Waals surface area contributed by atoms with Gasteiger partial charge in [0.2, 0.25) is 5.91 Å². The van der Waals surface area contributed by atoms with Gasteiger partial charge in [-0.05, 0) is 48.4 Å². The number of carbonyl (C=O) groups is 1. The van der Waals surface area contributed by atoms with Gasteiger partial charge >= 0.3 is 0 Å². The number of rotatable bonds is 7. The molecule has 0 N–H and O–H groups in total. The van der Waals surface area contributed by atoms with Crippen LogP contribution in [0.4, 0.5) is 5.69 Å². The number of nitrogens with zero attached hydrogens (tertiary/aromatic N) is 1. The summed E-state index contributed by atoms with van der Waals surface area (Å²) in [6.45, 7) is 0. The predicted molar refractivity (Wildman–Crippen MR) is 109 cm³/mol. The molecule has 0 spiro atoms. The van der Waals surface area contributed by atoms with E-state index in [4.69, 9.17) is 4.74 Å². The number of hydrogen-bond acceptors (Lipinski definition) is 4. The van der Waals surface area contributed by atoms with Crippen LogP contribution >= 0.6 is 0 Å². The quantitative estimate of drug-likeness (QED) is 0.605. The molecule has 28 heavy (non-hydrogen) atoms. The fourth-order valence-electron chi connectivity index (χ4n) is 2.83. The third kappa shape index (κ3) is 4.40. The van der Waals surface area contributed by atoms with Gasteiger partial charge in [-0.25, -0.2) is 12.7 Å². The van der Waals surface area contributed by atoms with Gasteiger partial charge in [0.1, 0.15) is 5.75 Å². The largest absolute Gasteiger partial charge is 0.497 e. The molecular weight excluding hydrogens is 374 g/mol. The zero-order valence-electron chi connectivity index (χ0n) is 15.5. The van der Waals surface area contributed by atoms with Crippen LogP contribution in [0.2, 0.25) is 0 Å². The van der Waals surface area contributed by atoms with E-state index in [1.54, 1.807) is 42.5 Å². The maximum atomic E-state index is 13.2. The number of carbonyl (C=O) groups excluding carboxylic acids is 1. The molecule has 0 saturated carbocycles. The van der Waals surface area contributed by atoms with Crippen LogP contribution in [0, 0.1) is 0 Å². The molecule has 0 aliphatic rings. The van der Waals surface area contributed by atoms with Gasteiger partial charge in [-0.15, -0.1) is 0 Å². The highest BCUT2D eigenvalue weighted by Gasteiger charge is 2.30. The van der Waals surface area contributed by atoms with Gasteiger partial charge in [0.05, 0.1) is 17.7 Å². The van der Waals surface area contributed by atoms with Crippen LogP contribution in [0.1, 0.15) is 12.0 Å². The van der Waals surface area contributed by atoms with Crippen molar-refractivity contribution in [3.63, 3.8) is 0 Å². The van der Waals surface area contributed by atoms with Crippen LogP contribution < -0.4 is 9.04 Å². The summed E-state index contributed by atoms with van der Waals surface area (Å²) in [6.07, 6.45) is 0.527. The smallest absolute Gasteiger partial charge is 0.270 e. The number of hydrogen-bond donors (Lipinski definition) is 0. The molecule has 0 fully saturated rings. The maximum absolute atomic E-state index is 13.2. The number of ether oxygens (including phenoxy) is 1. The van der Waals surface area contributed by atoms with Crippen molar-refractivity contribution in [3.05, 3.63) is 90.5 Å². The molecular formula is C22H21NO4S. The van der Waals surface area contributed by atoms with Gasteiger partial charge in [-0.3, -0.25) is 4.79 Å². The molecule has 6 heteroatoms. The lowest BCUT2D eigenvalue weighted by atomic mass is 10.1. The predicted octanol–water partition coefficient (Wildman–Crippen LogP) is 4.05. The number of anilines is 1. The average Bonchev–Trinajstić information content (AvgIpc) is 2.74. The van der Waals surface area contributed by atoms with Crippen molar-refractivity contribution in [2.24, 2.45) is 0 Å². The zero-order chi connectivity index (χ0) is 20.0. The van der Waals surface area contributed by atoms with E-state index in [0.29, 0.717) is 12.2 Å². The van der Waals surface area contributed by atoms with Gasteiger partial charge in [0.15, 0.2) is 0 Å². The van der Waals surface area contributed by atoms with E-state index in [9.17, 15) is 13.2 Å². The summed E-state index contributed by atoms with van der Waals surface area (Å²) in [7, 11) is -2.51. The minimum atomic E-state index is -4.03. The lowest BCUT2D eigenvalue weighted by Gasteiger charge is -2.23. The van der Waals surface area contributed by atoms with E-state index in [-0.39, 0.29) is 17.0 Å². The van der Waals surface area contributed by atoms with Crippen molar-refractivity contribution in [1.82, 2.24) is 0 Å². The maximum Gasteiger partial charge on any atom is 0.270 e. The summed E-state index contributed by atoms with van der Waals surface area (Å²) in [5, 5.41) is 0. The van der Waals surface area contributed by atoms with Crippen LogP contribution in [0.5, 0.6) is 5.75 Å². The van der Waals surface area contributed by atoms with Crippen molar-refractivity contribution >= 4 is 21.6 Å². The minimum absolute atomic E-state index is 0.0684. The molecule has 0 bridgehead atoms. The first-order chi connectivity index (χ1) is 13.5.